The fourth-order valence-corrected chi connectivity index (χ4v) is 3.48. The number of sulfonamides is 1. The minimum atomic E-state index is -3.11. The van der Waals surface area contributed by atoms with Crippen molar-refractivity contribution in [2.75, 3.05) is 31.9 Å². The second-order valence-corrected chi connectivity index (χ2v) is 9.82. The number of likely N-dealkylation sites (tertiary alicyclic amines) is 1. The lowest BCUT2D eigenvalue weighted by Crippen LogP contribution is -2.48. The quantitative estimate of drug-likeness (QED) is 0.631. The van der Waals surface area contributed by atoms with E-state index in [1.54, 1.807) is 11.8 Å². The molecule has 0 spiro atoms. The minimum Gasteiger partial charge on any atom is -0.444 e. The second-order valence-electron chi connectivity index (χ2n) is 7.72. The number of hydrogen-bond donors (Lipinski definition) is 2. The molecular formula is C17H35N3O4S. The van der Waals surface area contributed by atoms with Crippen molar-refractivity contribution >= 4 is 16.1 Å². The van der Waals surface area contributed by atoms with E-state index in [2.05, 4.69) is 17.0 Å². The summed E-state index contributed by atoms with van der Waals surface area (Å²) in [5.74, 6) is 0.493. The van der Waals surface area contributed by atoms with E-state index >= 15 is 0 Å². The van der Waals surface area contributed by atoms with Crippen molar-refractivity contribution in [2.24, 2.45) is 5.92 Å². The summed E-state index contributed by atoms with van der Waals surface area (Å²) in [5.41, 5.74) is -0.473. The average molecular weight is 378 g/mol. The van der Waals surface area contributed by atoms with Crippen LogP contribution in [-0.4, -0.2) is 63.0 Å². The van der Waals surface area contributed by atoms with Gasteiger partial charge in [0.2, 0.25) is 10.0 Å². The van der Waals surface area contributed by atoms with Gasteiger partial charge in [0.05, 0.1) is 5.75 Å². The Morgan fingerprint density at radius 2 is 2.00 bits per heavy atom. The predicted molar refractivity (Wildman–Crippen MR) is 100 cm³/mol. The van der Waals surface area contributed by atoms with Crippen molar-refractivity contribution in [1.82, 2.24) is 14.9 Å². The first-order valence-electron chi connectivity index (χ1n) is 9.22. The molecule has 1 fully saturated rings. The zero-order valence-corrected chi connectivity index (χ0v) is 17.1. The lowest BCUT2D eigenvalue weighted by molar-refractivity contribution is 0.0148. The summed E-state index contributed by atoms with van der Waals surface area (Å²) >= 11 is 0. The maximum absolute atomic E-state index is 12.2. The van der Waals surface area contributed by atoms with Gasteiger partial charge >= 0.3 is 6.09 Å². The molecule has 2 atom stereocenters. The Labute approximate surface area is 152 Å². The molecule has 25 heavy (non-hydrogen) atoms. The molecule has 8 heteroatoms. The molecule has 1 aliphatic rings. The molecule has 148 valence electrons. The van der Waals surface area contributed by atoms with Crippen LogP contribution in [0, 0.1) is 5.92 Å². The highest BCUT2D eigenvalue weighted by Gasteiger charge is 2.29. The van der Waals surface area contributed by atoms with Gasteiger partial charge in [-0.25, -0.2) is 17.9 Å². The van der Waals surface area contributed by atoms with Crippen LogP contribution in [0.25, 0.3) is 0 Å². The zero-order valence-electron chi connectivity index (χ0n) is 16.3. The molecule has 0 aromatic heterocycles. The molecule has 2 N–H and O–H groups in total. The van der Waals surface area contributed by atoms with Crippen LogP contribution in [0.1, 0.15) is 53.9 Å². The van der Waals surface area contributed by atoms with Crippen LogP contribution in [-0.2, 0) is 14.8 Å². The topological polar surface area (TPSA) is 87.7 Å². The molecule has 0 radical (unpaired) electrons. The smallest absolute Gasteiger partial charge is 0.410 e. The van der Waals surface area contributed by atoms with E-state index in [4.69, 9.17) is 4.74 Å². The number of rotatable bonds is 8. The van der Waals surface area contributed by atoms with Gasteiger partial charge in [0.1, 0.15) is 5.60 Å². The molecule has 0 aliphatic carbocycles. The summed E-state index contributed by atoms with van der Waals surface area (Å²) in [7, 11) is -3.11. The van der Waals surface area contributed by atoms with Crippen LogP contribution in [0.4, 0.5) is 4.79 Å². The van der Waals surface area contributed by atoms with E-state index in [-0.39, 0.29) is 17.9 Å². The Morgan fingerprint density at radius 1 is 1.32 bits per heavy atom. The van der Waals surface area contributed by atoms with Crippen LogP contribution in [0.2, 0.25) is 0 Å². The van der Waals surface area contributed by atoms with Gasteiger partial charge in [0, 0.05) is 25.7 Å². The first-order chi connectivity index (χ1) is 11.5. The zero-order chi connectivity index (χ0) is 19.1. The number of carbonyl (C=O) groups is 1. The summed E-state index contributed by atoms with van der Waals surface area (Å²) in [6.07, 6.45) is 2.56. The Hall–Kier alpha value is -0.860. The van der Waals surface area contributed by atoms with Gasteiger partial charge in [-0.05, 0) is 66.3 Å². The number of amides is 1. The van der Waals surface area contributed by atoms with Gasteiger partial charge in [-0.1, -0.05) is 0 Å². The summed E-state index contributed by atoms with van der Waals surface area (Å²) in [4.78, 5) is 14.0. The van der Waals surface area contributed by atoms with Gasteiger partial charge in [-0.15, -0.1) is 0 Å². The van der Waals surface area contributed by atoms with Crippen molar-refractivity contribution in [1.29, 1.82) is 0 Å². The predicted octanol–water partition coefficient (Wildman–Crippen LogP) is 1.94. The summed E-state index contributed by atoms with van der Waals surface area (Å²) in [6, 6.07) is 0.271. The van der Waals surface area contributed by atoms with Crippen molar-refractivity contribution in [3.8, 4) is 0 Å². The van der Waals surface area contributed by atoms with Gasteiger partial charge in [0.25, 0.3) is 0 Å². The normalized spacial score (nSPS) is 20.4. The maximum atomic E-state index is 12.2. The lowest BCUT2D eigenvalue weighted by atomic mass is 9.91. The van der Waals surface area contributed by atoms with Gasteiger partial charge in [0.15, 0.2) is 0 Å². The molecule has 7 nitrogen and oxygen atoms in total. The minimum absolute atomic E-state index is 0.111. The third-order valence-electron chi connectivity index (χ3n) is 4.34. The van der Waals surface area contributed by atoms with E-state index in [1.165, 1.54) is 0 Å². The van der Waals surface area contributed by atoms with Crippen LogP contribution in [0.3, 0.4) is 0 Å². The molecule has 1 aliphatic heterocycles. The molecule has 0 bridgehead atoms. The molecule has 1 saturated heterocycles. The molecule has 1 amide bonds. The molecule has 0 saturated carbocycles. The Kier molecular flexibility index (Phi) is 8.63. The first-order valence-corrected chi connectivity index (χ1v) is 10.9. The monoisotopic (exact) mass is 377 g/mol. The Bertz CT molecular complexity index is 516. The highest BCUT2D eigenvalue weighted by Crippen LogP contribution is 2.21. The fourth-order valence-electron chi connectivity index (χ4n) is 2.82. The molecule has 2 unspecified atom stereocenters. The first kappa shape index (κ1) is 22.2. The molecule has 0 aromatic rings. The third-order valence-corrected chi connectivity index (χ3v) is 5.74. The van der Waals surface area contributed by atoms with Crippen molar-refractivity contribution < 1.29 is 17.9 Å². The second kappa shape index (κ2) is 9.73. The third kappa shape index (κ3) is 8.87. The number of ether oxygens (including phenoxy) is 1. The SMILES string of the molecule is CCS(=O)(=O)NCCCNC(C)C1CCCN(C(=O)OC(C)(C)C)C1. The summed E-state index contributed by atoms with van der Waals surface area (Å²) in [6.45, 7) is 12.0. The van der Waals surface area contributed by atoms with E-state index in [9.17, 15) is 13.2 Å². The number of nitrogens with one attached hydrogen (secondary N) is 2. The molecule has 1 heterocycles. The highest BCUT2D eigenvalue weighted by molar-refractivity contribution is 7.89. The van der Waals surface area contributed by atoms with E-state index in [0.29, 0.717) is 19.0 Å². The number of hydrogen-bond acceptors (Lipinski definition) is 5. The molecule has 0 aromatic carbocycles. The van der Waals surface area contributed by atoms with E-state index < -0.39 is 15.6 Å². The summed E-state index contributed by atoms with van der Waals surface area (Å²) in [5, 5.41) is 3.45. The van der Waals surface area contributed by atoms with Crippen molar-refractivity contribution in [2.45, 2.75) is 65.5 Å². The Balaban J connectivity index is 2.33. The largest absolute Gasteiger partial charge is 0.444 e. The Morgan fingerprint density at radius 3 is 2.60 bits per heavy atom. The molecule has 1 rings (SSSR count). The van der Waals surface area contributed by atoms with Crippen LogP contribution < -0.4 is 10.0 Å². The fraction of sp³-hybridized carbons (Fsp3) is 0.941. The molecular weight excluding hydrogens is 342 g/mol. The van der Waals surface area contributed by atoms with Crippen molar-refractivity contribution in [3.63, 3.8) is 0 Å². The van der Waals surface area contributed by atoms with E-state index in [0.717, 1.165) is 32.4 Å². The van der Waals surface area contributed by atoms with Crippen molar-refractivity contribution in [3.05, 3.63) is 0 Å². The maximum Gasteiger partial charge on any atom is 0.410 e. The van der Waals surface area contributed by atoms with Crippen LogP contribution in [0.15, 0.2) is 0 Å². The lowest BCUT2D eigenvalue weighted by Gasteiger charge is -2.36. The number of piperidine rings is 1. The number of carbonyl (C=O) groups excluding carboxylic acids is 1. The summed E-state index contributed by atoms with van der Waals surface area (Å²) < 4.78 is 30.8. The standard InChI is InChI=1S/C17H35N3O4S/c1-6-25(22,23)19-11-8-10-18-14(2)15-9-7-12-20(13-15)16(21)24-17(3,4)5/h14-15,18-19H,6-13H2,1-5H3. The van der Waals surface area contributed by atoms with Gasteiger partial charge in [-0.3, -0.25) is 0 Å². The van der Waals surface area contributed by atoms with E-state index in [1.807, 2.05) is 20.8 Å². The average Bonchev–Trinajstić information content (AvgIpc) is 2.53. The van der Waals surface area contributed by atoms with Gasteiger partial charge < -0.3 is 15.0 Å². The highest BCUT2D eigenvalue weighted by atomic mass is 32.2. The van der Waals surface area contributed by atoms with Crippen LogP contribution >= 0.6 is 0 Å². The van der Waals surface area contributed by atoms with Gasteiger partial charge in [-0.2, -0.15) is 0 Å². The number of nitrogens with zero attached hydrogens (tertiary/aromatic N) is 1. The van der Waals surface area contributed by atoms with Crippen LogP contribution in [0.5, 0.6) is 0 Å².